The van der Waals surface area contributed by atoms with Gasteiger partial charge in [-0.2, -0.15) is 0 Å². The van der Waals surface area contributed by atoms with Gasteiger partial charge in [-0.1, -0.05) is 79.7 Å². The highest BCUT2D eigenvalue weighted by Gasteiger charge is 2.33. The average Bonchev–Trinajstić information content (AvgIpc) is 2.89. The quantitative estimate of drug-likeness (QED) is 0.374. The zero-order chi connectivity index (χ0) is 27.7. The van der Waals surface area contributed by atoms with Gasteiger partial charge in [-0.3, -0.25) is 13.9 Å². The molecule has 2 atom stereocenters. The third-order valence-electron chi connectivity index (χ3n) is 6.44. The summed E-state index contributed by atoms with van der Waals surface area (Å²) in [5.74, 6) is -0.727. The molecule has 2 amide bonds. The molecule has 0 heterocycles. The fourth-order valence-electron chi connectivity index (χ4n) is 4.17. The van der Waals surface area contributed by atoms with Crippen LogP contribution in [0.1, 0.15) is 37.0 Å². The summed E-state index contributed by atoms with van der Waals surface area (Å²) < 4.78 is 26.7. The van der Waals surface area contributed by atoms with Crippen molar-refractivity contribution in [3.05, 3.63) is 102 Å². The molecule has 0 spiro atoms. The first-order valence-electron chi connectivity index (χ1n) is 12.8. The Morgan fingerprint density at radius 3 is 2.05 bits per heavy atom. The summed E-state index contributed by atoms with van der Waals surface area (Å²) in [7, 11) is -3.78. The van der Waals surface area contributed by atoms with Crippen molar-refractivity contribution >= 4 is 27.5 Å². The molecule has 0 aliphatic carbocycles. The Bertz CT molecular complexity index is 1310. The van der Waals surface area contributed by atoms with Crippen LogP contribution in [0.4, 0.5) is 5.69 Å². The van der Waals surface area contributed by atoms with Gasteiger partial charge in [0.25, 0.3) is 0 Å². The lowest BCUT2D eigenvalue weighted by atomic mass is 10.0. The second-order valence-corrected chi connectivity index (χ2v) is 11.5. The summed E-state index contributed by atoms with van der Waals surface area (Å²) in [6, 6.07) is 25.0. The first-order valence-corrected chi connectivity index (χ1v) is 14.7. The largest absolute Gasteiger partial charge is 0.352 e. The molecule has 0 radical (unpaired) electrons. The zero-order valence-corrected chi connectivity index (χ0v) is 23.3. The lowest BCUT2D eigenvalue weighted by Gasteiger charge is -2.34. The molecule has 3 aromatic carbocycles. The monoisotopic (exact) mass is 535 g/mol. The summed E-state index contributed by atoms with van der Waals surface area (Å²) in [5.41, 5.74) is 3.03. The van der Waals surface area contributed by atoms with E-state index in [1.807, 2.05) is 87.5 Å². The second-order valence-electron chi connectivity index (χ2n) is 9.64. The fourth-order valence-corrected chi connectivity index (χ4v) is 5.01. The number of nitrogens with zero attached hydrogens (tertiary/aromatic N) is 2. The van der Waals surface area contributed by atoms with E-state index < -0.39 is 28.5 Å². The number of amides is 2. The highest BCUT2D eigenvalue weighted by Crippen LogP contribution is 2.21. The smallest absolute Gasteiger partial charge is 0.244 e. The summed E-state index contributed by atoms with van der Waals surface area (Å²) >= 11 is 0. The van der Waals surface area contributed by atoms with Gasteiger partial charge in [-0.25, -0.2) is 8.42 Å². The summed E-state index contributed by atoms with van der Waals surface area (Å²) in [5, 5.41) is 3.03. The number of hydrogen-bond donors (Lipinski definition) is 1. The van der Waals surface area contributed by atoms with Crippen molar-refractivity contribution in [2.75, 3.05) is 17.1 Å². The van der Waals surface area contributed by atoms with E-state index in [0.717, 1.165) is 33.7 Å². The molecule has 3 aromatic rings. The predicted molar refractivity (Wildman–Crippen MR) is 152 cm³/mol. The molecule has 1 N–H and O–H groups in total. The van der Waals surface area contributed by atoms with Crippen molar-refractivity contribution < 1.29 is 18.0 Å². The van der Waals surface area contributed by atoms with Crippen LogP contribution >= 0.6 is 0 Å². The Labute approximate surface area is 226 Å². The van der Waals surface area contributed by atoms with Crippen molar-refractivity contribution in [3.63, 3.8) is 0 Å². The molecule has 0 unspecified atom stereocenters. The first-order chi connectivity index (χ1) is 18.1. The van der Waals surface area contributed by atoms with E-state index in [1.54, 1.807) is 18.2 Å². The molecule has 202 valence electrons. The fraction of sp³-hybridized carbons (Fsp3) is 0.333. The predicted octanol–water partition coefficient (Wildman–Crippen LogP) is 4.32. The molecule has 0 fully saturated rings. The van der Waals surface area contributed by atoms with E-state index in [1.165, 1.54) is 4.90 Å². The Kier molecular flexibility index (Phi) is 10.1. The Balaban J connectivity index is 2.04. The van der Waals surface area contributed by atoms with Gasteiger partial charge < -0.3 is 10.2 Å². The van der Waals surface area contributed by atoms with Crippen molar-refractivity contribution in [2.45, 2.75) is 52.2 Å². The molecule has 0 aromatic heterocycles. The lowest BCUT2D eigenvalue weighted by molar-refractivity contribution is -0.140. The molecule has 7 nitrogen and oxygen atoms in total. The Morgan fingerprint density at radius 2 is 1.50 bits per heavy atom. The van der Waals surface area contributed by atoms with Crippen LogP contribution in [0.3, 0.4) is 0 Å². The van der Waals surface area contributed by atoms with Crippen LogP contribution < -0.4 is 9.62 Å². The molecule has 3 rings (SSSR count). The minimum Gasteiger partial charge on any atom is -0.352 e. The average molecular weight is 536 g/mol. The third-order valence-corrected chi connectivity index (χ3v) is 7.58. The van der Waals surface area contributed by atoms with E-state index in [0.29, 0.717) is 12.1 Å². The van der Waals surface area contributed by atoms with Gasteiger partial charge in [0.15, 0.2) is 0 Å². The van der Waals surface area contributed by atoms with Gasteiger partial charge in [0.05, 0.1) is 11.9 Å². The van der Waals surface area contributed by atoms with Crippen LogP contribution in [0, 0.1) is 6.92 Å². The molecule has 0 aliphatic rings. The molecule has 0 bridgehead atoms. The topological polar surface area (TPSA) is 86.8 Å². The van der Waals surface area contributed by atoms with Crippen molar-refractivity contribution in [1.29, 1.82) is 0 Å². The van der Waals surface area contributed by atoms with E-state index in [4.69, 9.17) is 0 Å². The highest BCUT2D eigenvalue weighted by atomic mass is 32.2. The van der Waals surface area contributed by atoms with Gasteiger partial charge in [-0.15, -0.1) is 0 Å². The molecule has 0 saturated carbocycles. The van der Waals surface area contributed by atoms with Crippen molar-refractivity contribution in [2.24, 2.45) is 0 Å². The number of sulfonamides is 1. The van der Waals surface area contributed by atoms with Crippen LogP contribution in [0.25, 0.3) is 0 Å². The summed E-state index contributed by atoms with van der Waals surface area (Å²) in [4.78, 5) is 29.1. The SMILES string of the molecule is CC[C@H](C)NC(=O)[C@H](Cc1ccccc1)N(Cc1ccccc1)C(=O)CN(c1cccc(C)c1)S(C)(=O)=O. The number of carbonyl (C=O) groups is 2. The van der Waals surface area contributed by atoms with Crippen molar-refractivity contribution in [3.8, 4) is 0 Å². The third kappa shape index (κ3) is 8.18. The molecular formula is C30H37N3O4S. The number of nitrogens with one attached hydrogen (secondary N) is 1. The number of carbonyl (C=O) groups excluding carboxylic acids is 2. The minimum atomic E-state index is -3.78. The first kappa shape index (κ1) is 28.9. The Morgan fingerprint density at radius 1 is 0.895 bits per heavy atom. The zero-order valence-electron chi connectivity index (χ0n) is 22.5. The number of rotatable bonds is 12. The van der Waals surface area contributed by atoms with E-state index in [2.05, 4.69) is 5.32 Å². The lowest BCUT2D eigenvalue weighted by Crippen LogP contribution is -2.54. The van der Waals surface area contributed by atoms with E-state index in [-0.39, 0.29) is 18.5 Å². The molecule has 0 aliphatic heterocycles. The van der Waals surface area contributed by atoms with Gasteiger partial charge >= 0.3 is 0 Å². The van der Waals surface area contributed by atoms with Crippen LogP contribution in [0.2, 0.25) is 0 Å². The molecular weight excluding hydrogens is 498 g/mol. The van der Waals surface area contributed by atoms with Gasteiger partial charge in [0, 0.05) is 19.0 Å². The highest BCUT2D eigenvalue weighted by molar-refractivity contribution is 7.92. The summed E-state index contributed by atoms with van der Waals surface area (Å²) in [6.07, 6.45) is 2.12. The van der Waals surface area contributed by atoms with Crippen LogP contribution in [0.5, 0.6) is 0 Å². The number of aryl methyl sites for hydroxylation is 1. The maximum absolute atomic E-state index is 14.0. The van der Waals surface area contributed by atoms with Gasteiger partial charge in [0.2, 0.25) is 21.8 Å². The maximum Gasteiger partial charge on any atom is 0.244 e. The number of hydrogen-bond acceptors (Lipinski definition) is 4. The van der Waals surface area contributed by atoms with E-state index >= 15 is 0 Å². The van der Waals surface area contributed by atoms with Crippen LogP contribution in [-0.2, 0) is 32.6 Å². The van der Waals surface area contributed by atoms with Crippen LogP contribution in [0.15, 0.2) is 84.9 Å². The van der Waals surface area contributed by atoms with Gasteiger partial charge in [0.1, 0.15) is 12.6 Å². The number of anilines is 1. The normalized spacial score (nSPS) is 12.8. The van der Waals surface area contributed by atoms with Crippen LogP contribution in [-0.4, -0.2) is 50.0 Å². The standard InChI is InChI=1S/C30H37N3O4S/c1-5-24(3)31-30(35)28(20-25-14-8-6-9-15-25)32(21-26-16-10-7-11-17-26)29(34)22-33(38(4,36)37)27-18-12-13-23(2)19-27/h6-19,24,28H,5,20-22H2,1-4H3,(H,31,35)/t24-,28-/m0/s1. The molecule has 0 saturated heterocycles. The van der Waals surface area contributed by atoms with Gasteiger partial charge in [-0.05, 0) is 49.1 Å². The minimum absolute atomic E-state index is 0.0748. The second kappa shape index (κ2) is 13.2. The maximum atomic E-state index is 14.0. The summed E-state index contributed by atoms with van der Waals surface area (Å²) in [6.45, 7) is 5.51. The molecule has 8 heteroatoms. The molecule has 38 heavy (non-hydrogen) atoms. The Hall–Kier alpha value is -3.65. The van der Waals surface area contributed by atoms with E-state index in [9.17, 15) is 18.0 Å². The number of benzene rings is 3. The van der Waals surface area contributed by atoms with Crippen molar-refractivity contribution in [1.82, 2.24) is 10.2 Å².